The Kier molecular flexibility index (Phi) is 2.78. The highest BCUT2D eigenvalue weighted by Gasteiger charge is 2.07. The van der Waals surface area contributed by atoms with Crippen molar-refractivity contribution in [2.45, 2.75) is 6.54 Å². The zero-order valence-electron chi connectivity index (χ0n) is 9.82. The van der Waals surface area contributed by atoms with Crippen molar-refractivity contribution in [2.24, 2.45) is 0 Å². The Morgan fingerprint density at radius 2 is 2.00 bits per heavy atom. The Labute approximate surface area is 105 Å². The van der Waals surface area contributed by atoms with Crippen LogP contribution in [0.1, 0.15) is 0 Å². The number of para-hydroxylation sites is 1. The molecular formula is C14H13N3O. The van der Waals surface area contributed by atoms with Gasteiger partial charge in [0.05, 0.1) is 12.1 Å². The third-order valence-corrected chi connectivity index (χ3v) is 2.88. The monoisotopic (exact) mass is 239 g/mol. The molecule has 0 spiro atoms. The van der Waals surface area contributed by atoms with Crippen LogP contribution in [0, 0.1) is 0 Å². The molecule has 0 amide bonds. The van der Waals surface area contributed by atoms with E-state index in [9.17, 15) is 0 Å². The quantitative estimate of drug-likeness (QED) is 0.761. The lowest BCUT2D eigenvalue weighted by Crippen LogP contribution is -2.03. The van der Waals surface area contributed by atoms with E-state index in [0.717, 1.165) is 22.4 Å². The number of aliphatic hydroxyl groups is 1. The fourth-order valence-electron chi connectivity index (χ4n) is 2.02. The topological polar surface area (TPSA) is 50.9 Å². The first-order chi connectivity index (χ1) is 8.88. The van der Waals surface area contributed by atoms with Gasteiger partial charge in [-0.25, -0.2) is 9.97 Å². The van der Waals surface area contributed by atoms with Gasteiger partial charge in [-0.05, 0) is 12.1 Å². The van der Waals surface area contributed by atoms with Crippen LogP contribution in [0.25, 0.3) is 22.4 Å². The first kappa shape index (κ1) is 10.9. The van der Waals surface area contributed by atoms with Crippen LogP contribution in [-0.2, 0) is 6.54 Å². The van der Waals surface area contributed by atoms with Gasteiger partial charge in [0.15, 0.2) is 5.82 Å². The van der Waals surface area contributed by atoms with Gasteiger partial charge in [0.25, 0.3) is 0 Å². The van der Waals surface area contributed by atoms with Crippen molar-refractivity contribution in [2.75, 3.05) is 6.61 Å². The summed E-state index contributed by atoms with van der Waals surface area (Å²) in [5.74, 6) is 0.787. The number of benzene rings is 1. The lowest BCUT2D eigenvalue weighted by molar-refractivity contribution is 0.276. The number of fused-ring (bicyclic) bond motifs is 1. The molecule has 0 saturated heterocycles. The SMILES string of the molecule is OCCn1ccnc1-c1ccc2ccccc2n1. The molecule has 0 aliphatic rings. The molecule has 0 bridgehead atoms. The summed E-state index contributed by atoms with van der Waals surface area (Å²) in [4.78, 5) is 8.90. The van der Waals surface area contributed by atoms with E-state index in [-0.39, 0.29) is 6.61 Å². The molecule has 0 atom stereocenters. The number of rotatable bonds is 3. The molecule has 0 aliphatic carbocycles. The van der Waals surface area contributed by atoms with Crippen molar-refractivity contribution in [1.82, 2.24) is 14.5 Å². The lowest BCUT2D eigenvalue weighted by Gasteiger charge is -2.06. The van der Waals surface area contributed by atoms with Gasteiger partial charge in [0.1, 0.15) is 5.69 Å². The number of aromatic nitrogens is 3. The number of aliphatic hydroxyl groups excluding tert-OH is 1. The van der Waals surface area contributed by atoms with Crippen molar-refractivity contribution in [3.8, 4) is 11.5 Å². The van der Waals surface area contributed by atoms with Crippen LogP contribution >= 0.6 is 0 Å². The number of nitrogens with zero attached hydrogens (tertiary/aromatic N) is 3. The van der Waals surface area contributed by atoms with Crippen molar-refractivity contribution in [3.63, 3.8) is 0 Å². The Balaban J connectivity index is 2.10. The first-order valence-electron chi connectivity index (χ1n) is 5.86. The number of imidazole rings is 1. The van der Waals surface area contributed by atoms with E-state index < -0.39 is 0 Å². The summed E-state index contributed by atoms with van der Waals surface area (Å²) < 4.78 is 1.90. The van der Waals surface area contributed by atoms with Gasteiger partial charge in [-0.1, -0.05) is 24.3 Å². The highest BCUT2D eigenvalue weighted by molar-refractivity contribution is 5.80. The van der Waals surface area contributed by atoms with Crippen LogP contribution in [0.4, 0.5) is 0 Å². The van der Waals surface area contributed by atoms with Gasteiger partial charge in [0, 0.05) is 24.3 Å². The van der Waals surface area contributed by atoms with Crippen molar-refractivity contribution >= 4 is 10.9 Å². The summed E-state index contributed by atoms with van der Waals surface area (Å²) in [5.41, 5.74) is 1.78. The van der Waals surface area contributed by atoms with E-state index in [1.807, 2.05) is 47.2 Å². The minimum Gasteiger partial charge on any atom is -0.395 e. The van der Waals surface area contributed by atoms with E-state index in [1.54, 1.807) is 6.20 Å². The molecule has 1 aromatic carbocycles. The van der Waals surface area contributed by atoms with Crippen molar-refractivity contribution < 1.29 is 5.11 Å². The maximum atomic E-state index is 9.01. The maximum Gasteiger partial charge on any atom is 0.158 e. The van der Waals surface area contributed by atoms with Gasteiger partial charge in [-0.2, -0.15) is 0 Å². The molecule has 0 aliphatic heterocycles. The highest BCUT2D eigenvalue weighted by atomic mass is 16.3. The zero-order valence-corrected chi connectivity index (χ0v) is 9.82. The summed E-state index contributed by atoms with van der Waals surface area (Å²) in [6.07, 6.45) is 3.57. The molecule has 90 valence electrons. The third kappa shape index (κ3) is 1.87. The molecule has 0 unspecified atom stereocenters. The Morgan fingerprint density at radius 1 is 1.11 bits per heavy atom. The van der Waals surface area contributed by atoms with Gasteiger partial charge in [0.2, 0.25) is 0 Å². The predicted octanol–water partition coefficient (Wildman–Crippen LogP) is 2.09. The molecule has 0 saturated carbocycles. The standard InChI is InChI=1S/C14H13N3O/c18-10-9-17-8-7-15-14(17)13-6-5-11-3-1-2-4-12(11)16-13/h1-8,18H,9-10H2. The zero-order chi connectivity index (χ0) is 12.4. The van der Waals surface area contributed by atoms with Gasteiger partial charge in [-0.15, -0.1) is 0 Å². The molecule has 4 nitrogen and oxygen atoms in total. The summed E-state index contributed by atoms with van der Waals surface area (Å²) in [7, 11) is 0. The largest absolute Gasteiger partial charge is 0.395 e. The maximum absolute atomic E-state index is 9.01. The average Bonchev–Trinajstić information content (AvgIpc) is 2.87. The Morgan fingerprint density at radius 3 is 2.89 bits per heavy atom. The van der Waals surface area contributed by atoms with Crippen LogP contribution < -0.4 is 0 Å². The minimum absolute atomic E-state index is 0.0942. The second-order valence-corrected chi connectivity index (χ2v) is 4.06. The molecule has 3 rings (SSSR count). The molecule has 1 N–H and O–H groups in total. The van der Waals surface area contributed by atoms with Crippen LogP contribution in [0.5, 0.6) is 0 Å². The van der Waals surface area contributed by atoms with E-state index >= 15 is 0 Å². The molecule has 18 heavy (non-hydrogen) atoms. The normalized spacial score (nSPS) is 10.9. The van der Waals surface area contributed by atoms with Crippen LogP contribution in [0.3, 0.4) is 0 Å². The minimum atomic E-state index is 0.0942. The Hall–Kier alpha value is -2.20. The molecule has 0 fully saturated rings. The summed E-state index contributed by atoms with van der Waals surface area (Å²) >= 11 is 0. The molecule has 2 aromatic heterocycles. The fraction of sp³-hybridized carbons (Fsp3) is 0.143. The van der Waals surface area contributed by atoms with E-state index in [1.165, 1.54) is 0 Å². The highest BCUT2D eigenvalue weighted by Crippen LogP contribution is 2.19. The average molecular weight is 239 g/mol. The number of hydrogen-bond acceptors (Lipinski definition) is 3. The second kappa shape index (κ2) is 4.58. The van der Waals surface area contributed by atoms with Gasteiger partial charge >= 0.3 is 0 Å². The summed E-state index contributed by atoms with van der Waals surface area (Å²) in [5, 5.41) is 10.1. The lowest BCUT2D eigenvalue weighted by atomic mass is 10.2. The molecule has 4 heteroatoms. The molecule has 0 radical (unpaired) electrons. The van der Waals surface area contributed by atoms with Crippen LogP contribution in [0.2, 0.25) is 0 Å². The molecule has 3 aromatic rings. The van der Waals surface area contributed by atoms with Gasteiger partial charge in [-0.3, -0.25) is 0 Å². The number of hydrogen-bond donors (Lipinski definition) is 1. The fourth-order valence-corrected chi connectivity index (χ4v) is 2.02. The summed E-state index contributed by atoms with van der Waals surface area (Å²) in [6, 6.07) is 12.0. The van der Waals surface area contributed by atoms with E-state index in [2.05, 4.69) is 9.97 Å². The second-order valence-electron chi connectivity index (χ2n) is 4.06. The van der Waals surface area contributed by atoms with Crippen molar-refractivity contribution in [1.29, 1.82) is 0 Å². The summed E-state index contributed by atoms with van der Waals surface area (Å²) in [6.45, 7) is 0.626. The van der Waals surface area contributed by atoms with E-state index in [4.69, 9.17) is 5.11 Å². The smallest absolute Gasteiger partial charge is 0.158 e. The van der Waals surface area contributed by atoms with Crippen LogP contribution in [0.15, 0.2) is 48.8 Å². The Bertz CT molecular complexity index is 675. The first-order valence-corrected chi connectivity index (χ1v) is 5.86. The molecular weight excluding hydrogens is 226 g/mol. The van der Waals surface area contributed by atoms with E-state index in [0.29, 0.717) is 6.54 Å². The third-order valence-electron chi connectivity index (χ3n) is 2.88. The van der Waals surface area contributed by atoms with Gasteiger partial charge < -0.3 is 9.67 Å². The predicted molar refractivity (Wildman–Crippen MR) is 70.0 cm³/mol. The van der Waals surface area contributed by atoms with Crippen molar-refractivity contribution in [3.05, 3.63) is 48.8 Å². The molecule has 2 heterocycles. The van der Waals surface area contributed by atoms with Crippen LogP contribution in [-0.4, -0.2) is 26.2 Å². The number of pyridine rings is 1.